The minimum Gasteiger partial charge on any atom is -0.466 e. The van der Waals surface area contributed by atoms with Crippen LogP contribution in [-0.2, 0) is 9.53 Å². The molecule has 0 aromatic carbocycles. The van der Waals surface area contributed by atoms with E-state index in [0.29, 0.717) is 19.1 Å². The third-order valence-electron chi connectivity index (χ3n) is 3.70. The molecule has 1 aliphatic rings. The van der Waals surface area contributed by atoms with E-state index < -0.39 is 0 Å². The Morgan fingerprint density at radius 3 is 2.59 bits per heavy atom. The van der Waals surface area contributed by atoms with Crippen LogP contribution in [0.2, 0.25) is 0 Å². The van der Waals surface area contributed by atoms with Crippen LogP contribution in [0.4, 0.5) is 0 Å². The molecule has 0 aromatic heterocycles. The second-order valence-corrected chi connectivity index (χ2v) is 4.92. The van der Waals surface area contributed by atoms with Crippen molar-refractivity contribution in [3.8, 4) is 0 Å². The number of esters is 1. The quantitative estimate of drug-likeness (QED) is 0.697. The fraction of sp³-hybridized carbons (Fsp3) is 0.929. The molecule has 1 atom stereocenters. The summed E-state index contributed by atoms with van der Waals surface area (Å²) in [5.74, 6) is 0.731. The van der Waals surface area contributed by atoms with Crippen LogP contribution < -0.4 is 5.32 Å². The van der Waals surface area contributed by atoms with Crippen molar-refractivity contribution in [2.45, 2.75) is 64.8 Å². The van der Waals surface area contributed by atoms with Gasteiger partial charge >= 0.3 is 5.97 Å². The van der Waals surface area contributed by atoms with Crippen LogP contribution in [0.1, 0.15) is 58.8 Å². The first-order valence-electron chi connectivity index (χ1n) is 7.16. The molecule has 17 heavy (non-hydrogen) atoms. The molecule has 3 nitrogen and oxygen atoms in total. The van der Waals surface area contributed by atoms with Gasteiger partial charge in [-0.2, -0.15) is 0 Å². The SMILES string of the molecule is CCOC(=O)CCNC(CC)C1CCCCC1. The van der Waals surface area contributed by atoms with Crippen LogP contribution in [0.5, 0.6) is 0 Å². The van der Waals surface area contributed by atoms with Crippen molar-refractivity contribution in [2.24, 2.45) is 5.92 Å². The molecular formula is C14H27NO2. The van der Waals surface area contributed by atoms with Gasteiger partial charge in [0, 0.05) is 12.6 Å². The highest BCUT2D eigenvalue weighted by Crippen LogP contribution is 2.27. The Morgan fingerprint density at radius 1 is 1.29 bits per heavy atom. The van der Waals surface area contributed by atoms with Crippen LogP contribution in [-0.4, -0.2) is 25.2 Å². The zero-order valence-corrected chi connectivity index (χ0v) is 11.3. The van der Waals surface area contributed by atoms with Gasteiger partial charge in [-0.25, -0.2) is 0 Å². The zero-order valence-electron chi connectivity index (χ0n) is 11.3. The summed E-state index contributed by atoms with van der Waals surface area (Å²) < 4.78 is 4.92. The number of hydrogen-bond donors (Lipinski definition) is 1. The van der Waals surface area contributed by atoms with Gasteiger partial charge < -0.3 is 10.1 Å². The Balaban J connectivity index is 2.19. The minimum atomic E-state index is -0.0847. The van der Waals surface area contributed by atoms with Gasteiger partial charge in [0.25, 0.3) is 0 Å². The normalized spacial score (nSPS) is 18.9. The van der Waals surface area contributed by atoms with E-state index in [1.807, 2.05) is 6.92 Å². The van der Waals surface area contributed by atoms with Gasteiger partial charge in [0.15, 0.2) is 0 Å². The Morgan fingerprint density at radius 2 is 2.00 bits per heavy atom. The van der Waals surface area contributed by atoms with Gasteiger partial charge in [-0.1, -0.05) is 26.2 Å². The molecule has 0 aliphatic heterocycles. The lowest BCUT2D eigenvalue weighted by Crippen LogP contribution is -2.38. The standard InChI is InChI=1S/C14H27NO2/c1-3-13(12-8-6-5-7-9-12)15-11-10-14(16)17-4-2/h12-13,15H,3-11H2,1-2H3. The molecule has 1 saturated carbocycles. The second kappa shape index (κ2) is 8.51. The van der Waals surface area contributed by atoms with Gasteiger partial charge in [0.1, 0.15) is 0 Å². The Bertz CT molecular complexity index is 212. The van der Waals surface area contributed by atoms with Crippen molar-refractivity contribution in [2.75, 3.05) is 13.2 Å². The van der Waals surface area contributed by atoms with Crippen molar-refractivity contribution >= 4 is 5.97 Å². The van der Waals surface area contributed by atoms with E-state index in [-0.39, 0.29) is 5.97 Å². The van der Waals surface area contributed by atoms with Crippen LogP contribution in [0.15, 0.2) is 0 Å². The average molecular weight is 241 g/mol. The van der Waals surface area contributed by atoms with E-state index in [9.17, 15) is 4.79 Å². The molecule has 0 spiro atoms. The first kappa shape index (κ1) is 14.5. The van der Waals surface area contributed by atoms with Crippen LogP contribution >= 0.6 is 0 Å². The first-order chi connectivity index (χ1) is 8.27. The lowest BCUT2D eigenvalue weighted by molar-refractivity contribution is -0.143. The smallest absolute Gasteiger partial charge is 0.307 e. The zero-order chi connectivity index (χ0) is 12.5. The third-order valence-corrected chi connectivity index (χ3v) is 3.70. The molecule has 1 rings (SSSR count). The Hall–Kier alpha value is -0.570. The molecule has 0 radical (unpaired) electrons. The average Bonchev–Trinajstić information content (AvgIpc) is 2.36. The molecule has 0 saturated heterocycles. The summed E-state index contributed by atoms with van der Waals surface area (Å²) in [6.45, 7) is 5.32. The van der Waals surface area contributed by atoms with E-state index in [4.69, 9.17) is 4.74 Å². The summed E-state index contributed by atoms with van der Waals surface area (Å²) in [7, 11) is 0. The highest BCUT2D eigenvalue weighted by molar-refractivity contribution is 5.69. The number of carbonyl (C=O) groups excluding carboxylic acids is 1. The highest BCUT2D eigenvalue weighted by atomic mass is 16.5. The van der Waals surface area contributed by atoms with Crippen LogP contribution in [0, 0.1) is 5.92 Å². The number of ether oxygens (including phenoxy) is 1. The van der Waals surface area contributed by atoms with Gasteiger partial charge in [-0.3, -0.25) is 4.79 Å². The predicted molar refractivity (Wildman–Crippen MR) is 69.9 cm³/mol. The lowest BCUT2D eigenvalue weighted by Gasteiger charge is -2.30. The van der Waals surface area contributed by atoms with E-state index >= 15 is 0 Å². The number of nitrogens with one attached hydrogen (secondary N) is 1. The minimum absolute atomic E-state index is 0.0847. The fourth-order valence-electron chi connectivity index (χ4n) is 2.77. The molecule has 0 amide bonds. The van der Waals surface area contributed by atoms with Crippen molar-refractivity contribution in [1.29, 1.82) is 0 Å². The van der Waals surface area contributed by atoms with Crippen molar-refractivity contribution < 1.29 is 9.53 Å². The second-order valence-electron chi connectivity index (χ2n) is 4.92. The predicted octanol–water partition coefficient (Wildman–Crippen LogP) is 2.89. The van der Waals surface area contributed by atoms with Crippen molar-refractivity contribution in [3.05, 3.63) is 0 Å². The summed E-state index contributed by atoms with van der Waals surface area (Å²) >= 11 is 0. The molecule has 100 valence electrons. The topological polar surface area (TPSA) is 38.3 Å². The third kappa shape index (κ3) is 5.53. The molecule has 1 N–H and O–H groups in total. The molecule has 0 bridgehead atoms. The summed E-state index contributed by atoms with van der Waals surface area (Å²) in [5, 5.41) is 3.53. The molecule has 3 heteroatoms. The molecule has 0 heterocycles. The van der Waals surface area contributed by atoms with Gasteiger partial charge in [0.05, 0.1) is 13.0 Å². The largest absolute Gasteiger partial charge is 0.466 e. The fourth-order valence-corrected chi connectivity index (χ4v) is 2.77. The molecular weight excluding hydrogens is 214 g/mol. The summed E-state index contributed by atoms with van der Waals surface area (Å²) in [4.78, 5) is 11.2. The summed E-state index contributed by atoms with van der Waals surface area (Å²) in [5.41, 5.74) is 0. The monoisotopic (exact) mass is 241 g/mol. The number of rotatable bonds is 7. The van der Waals surface area contributed by atoms with E-state index in [1.165, 1.54) is 32.1 Å². The van der Waals surface area contributed by atoms with Gasteiger partial charge in [-0.05, 0) is 32.1 Å². The molecule has 0 aromatic rings. The lowest BCUT2D eigenvalue weighted by atomic mass is 9.83. The molecule has 1 unspecified atom stereocenters. The van der Waals surface area contributed by atoms with Crippen molar-refractivity contribution in [3.63, 3.8) is 0 Å². The number of hydrogen-bond acceptors (Lipinski definition) is 3. The molecule has 1 aliphatic carbocycles. The maximum Gasteiger partial charge on any atom is 0.307 e. The first-order valence-corrected chi connectivity index (χ1v) is 7.16. The highest BCUT2D eigenvalue weighted by Gasteiger charge is 2.21. The van der Waals surface area contributed by atoms with E-state index in [1.54, 1.807) is 0 Å². The van der Waals surface area contributed by atoms with E-state index in [2.05, 4.69) is 12.2 Å². The molecule has 1 fully saturated rings. The van der Waals surface area contributed by atoms with Crippen LogP contribution in [0.3, 0.4) is 0 Å². The van der Waals surface area contributed by atoms with Crippen molar-refractivity contribution in [1.82, 2.24) is 5.32 Å². The maximum absolute atomic E-state index is 11.2. The Kier molecular flexibility index (Phi) is 7.25. The van der Waals surface area contributed by atoms with E-state index in [0.717, 1.165) is 18.9 Å². The van der Waals surface area contributed by atoms with Crippen LogP contribution in [0.25, 0.3) is 0 Å². The summed E-state index contributed by atoms with van der Waals surface area (Å²) in [6, 6.07) is 0.588. The Labute approximate surface area is 105 Å². The number of carbonyl (C=O) groups is 1. The van der Waals surface area contributed by atoms with Gasteiger partial charge in [0.2, 0.25) is 0 Å². The van der Waals surface area contributed by atoms with Gasteiger partial charge in [-0.15, -0.1) is 0 Å². The summed E-state index contributed by atoms with van der Waals surface area (Å²) in [6.07, 6.45) is 8.51. The maximum atomic E-state index is 11.2.